The van der Waals surface area contributed by atoms with Crippen LogP contribution in [0.15, 0.2) is 18.2 Å². The number of amides is 1. The zero-order valence-corrected chi connectivity index (χ0v) is 12.5. The minimum atomic E-state index is -0.460. The van der Waals surface area contributed by atoms with Gasteiger partial charge in [-0.15, -0.1) is 11.6 Å². The van der Waals surface area contributed by atoms with Gasteiger partial charge in [-0.05, 0) is 43.9 Å². The number of rotatable bonds is 3. The molecule has 1 amide bonds. The summed E-state index contributed by atoms with van der Waals surface area (Å²) in [6.45, 7) is 3.38. The van der Waals surface area contributed by atoms with Gasteiger partial charge in [0.25, 0.3) is 5.91 Å². The van der Waals surface area contributed by atoms with Gasteiger partial charge in [-0.2, -0.15) is 0 Å². The minimum absolute atomic E-state index is 0.0797. The van der Waals surface area contributed by atoms with Gasteiger partial charge in [0.15, 0.2) is 11.6 Å². The normalized spacial score (nSPS) is 17.9. The summed E-state index contributed by atoms with van der Waals surface area (Å²) in [5.41, 5.74) is 0.459. The van der Waals surface area contributed by atoms with Crippen molar-refractivity contribution in [1.29, 1.82) is 0 Å². The number of likely N-dealkylation sites (tertiary alicyclic amines) is 1. The zero-order valence-electron chi connectivity index (χ0n) is 11.7. The molecule has 5 heteroatoms. The van der Waals surface area contributed by atoms with Gasteiger partial charge >= 0.3 is 0 Å². The Morgan fingerprint density at radius 2 is 2.10 bits per heavy atom. The lowest BCUT2D eigenvalue weighted by Gasteiger charge is -2.33. The zero-order chi connectivity index (χ0) is 14.7. The third-order valence-corrected chi connectivity index (χ3v) is 4.23. The molecule has 1 unspecified atom stereocenters. The molecule has 1 aromatic carbocycles. The summed E-state index contributed by atoms with van der Waals surface area (Å²) in [5.74, 6) is 0.0197. The van der Waals surface area contributed by atoms with E-state index in [1.807, 2.05) is 6.92 Å². The van der Waals surface area contributed by atoms with E-state index in [-0.39, 0.29) is 17.0 Å². The van der Waals surface area contributed by atoms with E-state index in [9.17, 15) is 9.18 Å². The Bertz CT molecular complexity index is 485. The third-order valence-electron chi connectivity index (χ3n) is 3.87. The van der Waals surface area contributed by atoms with Crippen molar-refractivity contribution in [2.75, 3.05) is 20.2 Å². The van der Waals surface area contributed by atoms with E-state index in [2.05, 4.69) is 0 Å². The molecule has 110 valence electrons. The first-order valence-electron chi connectivity index (χ1n) is 6.79. The van der Waals surface area contributed by atoms with Crippen LogP contribution in [0.4, 0.5) is 4.39 Å². The number of ether oxygens (including phenoxy) is 1. The number of hydrogen-bond acceptors (Lipinski definition) is 2. The van der Waals surface area contributed by atoms with E-state index in [1.165, 1.54) is 25.3 Å². The highest BCUT2D eigenvalue weighted by Gasteiger charge is 2.26. The maximum absolute atomic E-state index is 13.4. The fourth-order valence-electron chi connectivity index (χ4n) is 2.54. The van der Waals surface area contributed by atoms with Crippen LogP contribution in [0.1, 0.15) is 30.1 Å². The highest BCUT2D eigenvalue weighted by Crippen LogP contribution is 2.26. The molecular formula is C15H19ClFNO2. The number of hydrogen-bond donors (Lipinski definition) is 0. The quantitative estimate of drug-likeness (QED) is 0.801. The maximum atomic E-state index is 13.4. The van der Waals surface area contributed by atoms with Gasteiger partial charge < -0.3 is 9.64 Å². The van der Waals surface area contributed by atoms with Crippen molar-refractivity contribution in [3.05, 3.63) is 29.6 Å². The van der Waals surface area contributed by atoms with E-state index in [1.54, 1.807) is 4.90 Å². The monoisotopic (exact) mass is 299 g/mol. The number of carbonyl (C=O) groups excluding carboxylic acids is 1. The van der Waals surface area contributed by atoms with Gasteiger partial charge in [0.1, 0.15) is 0 Å². The van der Waals surface area contributed by atoms with Crippen LogP contribution >= 0.6 is 11.6 Å². The van der Waals surface area contributed by atoms with Crippen LogP contribution in [-0.4, -0.2) is 36.4 Å². The van der Waals surface area contributed by atoms with Crippen molar-refractivity contribution >= 4 is 17.5 Å². The van der Waals surface area contributed by atoms with Crippen LogP contribution in [0.3, 0.4) is 0 Å². The molecule has 1 aliphatic rings. The van der Waals surface area contributed by atoms with Crippen molar-refractivity contribution in [3.63, 3.8) is 0 Å². The Labute approximate surface area is 123 Å². The fraction of sp³-hybridized carbons (Fsp3) is 0.533. The van der Waals surface area contributed by atoms with Crippen molar-refractivity contribution in [2.24, 2.45) is 5.92 Å². The summed E-state index contributed by atoms with van der Waals surface area (Å²) >= 11 is 6.10. The van der Waals surface area contributed by atoms with Gasteiger partial charge in [0.2, 0.25) is 0 Å². The lowest BCUT2D eigenvalue weighted by Crippen LogP contribution is -2.40. The van der Waals surface area contributed by atoms with Crippen LogP contribution in [-0.2, 0) is 0 Å². The Hall–Kier alpha value is -1.29. The fourth-order valence-corrected chi connectivity index (χ4v) is 2.79. The van der Waals surface area contributed by atoms with Gasteiger partial charge in [-0.3, -0.25) is 4.79 Å². The van der Waals surface area contributed by atoms with Crippen molar-refractivity contribution in [2.45, 2.75) is 25.1 Å². The van der Waals surface area contributed by atoms with E-state index in [0.29, 0.717) is 24.6 Å². The van der Waals surface area contributed by atoms with Crippen molar-refractivity contribution in [3.8, 4) is 5.75 Å². The van der Waals surface area contributed by atoms with Crippen molar-refractivity contribution in [1.82, 2.24) is 4.90 Å². The molecule has 1 aliphatic heterocycles. The second-order valence-electron chi connectivity index (χ2n) is 5.16. The van der Waals surface area contributed by atoms with Crippen LogP contribution in [0.2, 0.25) is 0 Å². The SMILES string of the molecule is COc1cc(C(=O)N2CCC(C(C)Cl)CC2)ccc1F. The molecule has 2 rings (SSSR count). The molecule has 0 aromatic heterocycles. The van der Waals surface area contributed by atoms with E-state index in [0.717, 1.165) is 12.8 Å². The molecule has 0 radical (unpaired) electrons. The molecule has 3 nitrogen and oxygen atoms in total. The average Bonchev–Trinajstić information content (AvgIpc) is 2.47. The third kappa shape index (κ3) is 3.23. The highest BCUT2D eigenvalue weighted by molar-refractivity contribution is 6.20. The molecule has 1 fully saturated rings. The Morgan fingerprint density at radius 3 is 2.65 bits per heavy atom. The van der Waals surface area contributed by atoms with Crippen molar-refractivity contribution < 1.29 is 13.9 Å². The predicted octanol–water partition coefficient (Wildman–Crippen LogP) is 3.31. The predicted molar refractivity (Wildman–Crippen MR) is 76.9 cm³/mol. The Kier molecular flexibility index (Phi) is 4.86. The molecule has 1 saturated heterocycles. The molecule has 0 aliphatic carbocycles. The highest BCUT2D eigenvalue weighted by atomic mass is 35.5. The van der Waals surface area contributed by atoms with Gasteiger partial charge in [0.05, 0.1) is 7.11 Å². The first-order valence-corrected chi connectivity index (χ1v) is 7.23. The summed E-state index contributed by atoms with van der Waals surface area (Å²) < 4.78 is 18.3. The van der Waals surface area contributed by atoms with Crippen LogP contribution in [0.5, 0.6) is 5.75 Å². The second kappa shape index (κ2) is 6.44. The molecule has 20 heavy (non-hydrogen) atoms. The summed E-state index contributed by atoms with van der Waals surface area (Å²) in [6, 6.07) is 4.21. The lowest BCUT2D eigenvalue weighted by atomic mass is 9.93. The largest absolute Gasteiger partial charge is 0.494 e. The number of piperidine rings is 1. The van der Waals surface area contributed by atoms with E-state index >= 15 is 0 Å². The smallest absolute Gasteiger partial charge is 0.253 e. The molecule has 1 aromatic rings. The van der Waals surface area contributed by atoms with Crippen LogP contribution in [0.25, 0.3) is 0 Å². The van der Waals surface area contributed by atoms with Crippen LogP contribution in [0, 0.1) is 11.7 Å². The van der Waals surface area contributed by atoms with Gasteiger partial charge in [0, 0.05) is 24.0 Å². The molecule has 0 bridgehead atoms. The lowest BCUT2D eigenvalue weighted by molar-refractivity contribution is 0.0689. The summed E-state index contributed by atoms with van der Waals surface area (Å²) in [5, 5.41) is 0.137. The number of benzene rings is 1. The number of halogens is 2. The van der Waals surface area contributed by atoms with Gasteiger partial charge in [-0.1, -0.05) is 0 Å². The first-order chi connectivity index (χ1) is 9.52. The second-order valence-corrected chi connectivity index (χ2v) is 5.84. The molecule has 1 heterocycles. The average molecular weight is 300 g/mol. The summed E-state index contributed by atoms with van der Waals surface area (Å²) in [4.78, 5) is 14.2. The molecule has 0 N–H and O–H groups in total. The first kappa shape index (κ1) is 15.1. The van der Waals surface area contributed by atoms with E-state index < -0.39 is 5.82 Å². The molecule has 0 saturated carbocycles. The maximum Gasteiger partial charge on any atom is 0.253 e. The Balaban J connectivity index is 2.05. The number of nitrogens with zero attached hydrogens (tertiary/aromatic N) is 1. The number of alkyl halides is 1. The summed E-state index contributed by atoms with van der Waals surface area (Å²) in [7, 11) is 1.39. The standard InChI is InChI=1S/C15H19ClFNO2/c1-10(16)11-5-7-18(8-6-11)15(19)12-3-4-13(17)14(9-12)20-2/h3-4,9-11H,5-8H2,1-2H3. The molecule has 1 atom stereocenters. The summed E-state index contributed by atoms with van der Waals surface area (Å²) in [6.07, 6.45) is 1.82. The van der Waals surface area contributed by atoms with E-state index in [4.69, 9.17) is 16.3 Å². The Morgan fingerprint density at radius 1 is 1.45 bits per heavy atom. The van der Waals surface area contributed by atoms with Gasteiger partial charge in [-0.25, -0.2) is 4.39 Å². The molecule has 0 spiro atoms. The molecular weight excluding hydrogens is 281 g/mol. The minimum Gasteiger partial charge on any atom is -0.494 e. The number of methoxy groups -OCH3 is 1. The topological polar surface area (TPSA) is 29.5 Å². The number of carbonyl (C=O) groups is 1. The van der Waals surface area contributed by atoms with Crippen LogP contribution < -0.4 is 4.74 Å².